The van der Waals surface area contributed by atoms with E-state index in [0.29, 0.717) is 18.3 Å². The minimum Gasteiger partial charge on any atom is -0.481 e. The lowest BCUT2D eigenvalue weighted by Crippen LogP contribution is -2.46. The maximum absolute atomic E-state index is 12.1. The van der Waals surface area contributed by atoms with Crippen LogP contribution in [-0.4, -0.2) is 39.1 Å². The Morgan fingerprint density at radius 3 is 1.47 bits per heavy atom. The summed E-state index contributed by atoms with van der Waals surface area (Å²) in [5.74, 6) is -1.08. The normalized spacial score (nSPS) is 17.3. The highest BCUT2D eigenvalue weighted by molar-refractivity contribution is 6.04. The summed E-state index contributed by atoms with van der Waals surface area (Å²) in [5.41, 5.74) is -0.0590. The predicted molar refractivity (Wildman–Crippen MR) is 130 cm³/mol. The number of hydrogen-bond acceptors (Lipinski definition) is 4. The van der Waals surface area contributed by atoms with E-state index in [4.69, 9.17) is 5.11 Å². The fraction of sp³-hybridized carbons (Fsp3) is 0.846. The van der Waals surface area contributed by atoms with Gasteiger partial charge in [-0.3, -0.25) is 24.1 Å². The average molecular weight is 456 g/mol. The molecular weight excluding hydrogens is 406 g/mol. The number of likely N-dealkylation sites (tertiary alicyclic amines) is 1. The number of aliphatic carboxylic acids is 1. The molecule has 1 N–H and O–H groups in total. The number of imide groups is 1. The van der Waals surface area contributed by atoms with Crippen molar-refractivity contribution < 1.29 is 24.3 Å². The summed E-state index contributed by atoms with van der Waals surface area (Å²) in [7, 11) is 0. The molecule has 1 unspecified atom stereocenters. The summed E-state index contributed by atoms with van der Waals surface area (Å²) in [6, 6.07) is 0. The second kappa shape index (κ2) is 11.9. The van der Waals surface area contributed by atoms with Gasteiger partial charge in [0.05, 0.1) is 12.3 Å². The van der Waals surface area contributed by atoms with Gasteiger partial charge in [-0.15, -0.1) is 0 Å². The molecule has 0 radical (unpaired) electrons. The van der Waals surface area contributed by atoms with E-state index in [2.05, 4.69) is 27.7 Å². The highest BCUT2D eigenvalue weighted by Crippen LogP contribution is 2.38. The first kappa shape index (κ1) is 32.5. The van der Waals surface area contributed by atoms with Crippen molar-refractivity contribution in [1.29, 1.82) is 0 Å². The third-order valence-electron chi connectivity index (χ3n) is 4.21. The summed E-state index contributed by atoms with van der Waals surface area (Å²) in [6.45, 7) is 26.4. The first-order chi connectivity index (χ1) is 13.9. The largest absolute Gasteiger partial charge is 0.481 e. The van der Waals surface area contributed by atoms with Gasteiger partial charge in [0, 0.05) is 24.8 Å². The minimum absolute atomic E-state index is 0.0139. The molecule has 1 aliphatic rings. The topological polar surface area (TPSA) is 91.8 Å². The Kier molecular flexibility index (Phi) is 12.1. The molecule has 1 atom stereocenters. The van der Waals surface area contributed by atoms with E-state index >= 15 is 0 Å². The number of ketones is 1. The van der Waals surface area contributed by atoms with E-state index < -0.39 is 11.5 Å². The molecule has 0 bridgehead atoms. The number of carbonyl (C=O) groups is 4. The standard InChI is InChI=1S/C12H21NO2.C9H16O3.C5H12/c1-11(2,3)8-7-9(14)13(10(8)15)12(4,5)6;1-9(2,3)6-7(10)4-5-8(11)12;1-5(2,3)4/h8H,7H2,1-6H3;4-6H2,1-3H3,(H,11,12);1-4H3. The highest BCUT2D eigenvalue weighted by atomic mass is 16.4. The lowest BCUT2D eigenvalue weighted by molar-refractivity contribution is -0.145. The van der Waals surface area contributed by atoms with E-state index in [0.717, 1.165) is 0 Å². The van der Waals surface area contributed by atoms with Crippen LogP contribution in [-0.2, 0) is 19.2 Å². The molecule has 1 rings (SSSR count). The molecule has 6 nitrogen and oxygen atoms in total. The summed E-state index contributed by atoms with van der Waals surface area (Å²) >= 11 is 0. The molecule has 2 amide bonds. The van der Waals surface area contributed by atoms with Crippen molar-refractivity contribution in [2.75, 3.05) is 0 Å². The van der Waals surface area contributed by atoms with E-state index in [9.17, 15) is 19.2 Å². The second-order valence-corrected chi connectivity index (χ2v) is 13.5. The third kappa shape index (κ3) is 16.0. The molecule has 188 valence electrons. The Hall–Kier alpha value is -1.72. The van der Waals surface area contributed by atoms with Crippen LogP contribution in [0.3, 0.4) is 0 Å². The fourth-order valence-corrected chi connectivity index (χ4v) is 2.94. The van der Waals surface area contributed by atoms with Crippen molar-refractivity contribution in [2.24, 2.45) is 22.2 Å². The zero-order valence-electron chi connectivity index (χ0n) is 22.9. The van der Waals surface area contributed by atoms with Gasteiger partial charge in [-0.1, -0.05) is 69.2 Å². The fourth-order valence-electron chi connectivity index (χ4n) is 2.94. The Labute approximate surface area is 196 Å². The lowest BCUT2D eigenvalue weighted by atomic mass is 9.80. The van der Waals surface area contributed by atoms with Crippen LogP contribution in [0.25, 0.3) is 0 Å². The number of hydrogen-bond donors (Lipinski definition) is 1. The van der Waals surface area contributed by atoms with Gasteiger partial charge in [-0.25, -0.2) is 0 Å². The molecule has 1 heterocycles. The smallest absolute Gasteiger partial charge is 0.303 e. The van der Waals surface area contributed by atoms with Gasteiger partial charge in [-0.2, -0.15) is 0 Å². The van der Waals surface area contributed by atoms with E-state index in [1.54, 1.807) is 0 Å². The highest BCUT2D eigenvalue weighted by Gasteiger charge is 2.48. The lowest BCUT2D eigenvalue weighted by Gasteiger charge is -2.32. The van der Waals surface area contributed by atoms with Crippen LogP contribution >= 0.6 is 0 Å². The van der Waals surface area contributed by atoms with Crippen LogP contribution < -0.4 is 0 Å². The third-order valence-corrected chi connectivity index (χ3v) is 4.21. The summed E-state index contributed by atoms with van der Waals surface area (Å²) in [5, 5.41) is 8.31. The van der Waals surface area contributed by atoms with Gasteiger partial charge >= 0.3 is 5.97 Å². The number of carboxylic acids is 1. The van der Waals surface area contributed by atoms with Crippen LogP contribution in [0.1, 0.15) is 116 Å². The zero-order chi connectivity index (χ0) is 26.3. The molecule has 0 aromatic carbocycles. The van der Waals surface area contributed by atoms with Crippen molar-refractivity contribution >= 4 is 23.6 Å². The molecule has 0 aliphatic carbocycles. The molecule has 0 aromatic rings. The molecule has 1 fully saturated rings. The van der Waals surface area contributed by atoms with Crippen LogP contribution in [0, 0.1) is 22.2 Å². The number of carboxylic acid groups (broad SMARTS) is 1. The molecule has 1 aliphatic heterocycles. The Morgan fingerprint density at radius 1 is 0.844 bits per heavy atom. The minimum atomic E-state index is -0.905. The van der Waals surface area contributed by atoms with Gasteiger partial charge in [0.1, 0.15) is 5.78 Å². The van der Waals surface area contributed by atoms with Gasteiger partial charge in [-0.05, 0) is 37.0 Å². The van der Waals surface area contributed by atoms with Crippen LogP contribution in [0.4, 0.5) is 0 Å². The van der Waals surface area contributed by atoms with Crippen LogP contribution in [0.2, 0.25) is 0 Å². The van der Waals surface area contributed by atoms with Gasteiger partial charge in [0.25, 0.3) is 0 Å². The predicted octanol–water partition coefficient (Wildman–Crippen LogP) is 6.12. The number of amides is 2. The van der Waals surface area contributed by atoms with Crippen molar-refractivity contribution in [1.82, 2.24) is 4.90 Å². The SMILES string of the molecule is CC(C)(C)C.CC(C)(C)C1CC(=O)N(C(C)(C)C)C1=O.CC(C)(C)CC(=O)CCC(=O)O. The Balaban J connectivity index is 0. The maximum atomic E-state index is 12.1. The van der Waals surface area contributed by atoms with Crippen LogP contribution in [0.15, 0.2) is 0 Å². The van der Waals surface area contributed by atoms with E-state index in [1.807, 2.05) is 62.3 Å². The summed E-state index contributed by atoms with van der Waals surface area (Å²) < 4.78 is 0. The average Bonchev–Trinajstić information content (AvgIpc) is 2.77. The van der Waals surface area contributed by atoms with Crippen molar-refractivity contribution in [3.8, 4) is 0 Å². The summed E-state index contributed by atoms with van der Waals surface area (Å²) in [4.78, 5) is 46.5. The van der Waals surface area contributed by atoms with Crippen molar-refractivity contribution in [3.05, 3.63) is 0 Å². The molecule has 6 heteroatoms. The first-order valence-corrected chi connectivity index (χ1v) is 11.5. The molecule has 0 saturated carbocycles. The molecule has 0 aromatic heterocycles. The van der Waals surface area contributed by atoms with Crippen molar-refractivity contribution in [2.45, 2.75) is 121 Å². The van der Waals surface area contributed by atoms with E-state index in [1.165, 1.54) is 4.90 Å². The molecule has 32 heavy (non-hydrogen) atoms. The Morgan fingerprint density at radius 2 is 1.25 bits per heavy atom. The second-order valence-electron chi connectivity index (χ2n) is 13.5. The monoisotopic (exact) mass is 455 g/mol. The molecular formula is C26H49NO5. The summed E-state index contributed by atoms with van der Waals surface area (Å²) in [6.07, 6.45) is 0.932. The number of carbonyl (C=O) groups excluding carboxylic acids is 3. The van der Waals surface area contributed by atoms with Gasteiger partial charge in [0.15, 0.2) is 0 Å². The van der Waals surface area contributed by atoms with Gasteiger partial charge in [0.2, 0.25) is 11.8 Å². The molecule has 0 spiro atoms. The number of rotatable bonds is 4. The quantitative estimate of drug-likeness (QED) is 0.516. The zero-order valence-corrected chi connectivity index (χ0v) is 22.9. The number of Topliss-reactive ketones (excluding diaryl/α,β-unsaturated/α-hetero) is 1. The van der Waals surface area contributed by atoms with E-state index in [-0.39, 0.29) is 47.2 Å². The van der Waals surface area contributed by atoms with Gasteiger partial charge < -0.3 is 5.11 Å². The molecule has 1 saturated heterocycles. The maximum Gasteiger partial charge on any atom is 0.303 e. The van der Waals surface area contributed by atoms with Crippen LogP contribution in [0.5, 0.6) is 0 Å². The first-order valence-electron chi connectivity index (χ1n) is 11.5. The Bertz CT molecular complexity index is 646. The van der Waals surface area contributed by atoms with Crippen molar-refractivity contribution in [3.63, 3.8) is 0 Å². The number of nitrogens with zero attached hydrogens (tertiary/aromatic N) is 1.